The Kier molecular flexibility index (Phi) is 9.87. The zero-order valence-electron chi connectivity index (χ0n) is 19.2. The second-order valence-electron chi connectivity index (χ2n) is 8.52. The Labute approximate surface area is 193 Å². The van der Waals surface area contributed by atoms with Crippen molar-refractivity contribution in [2.24, 2.45) is 0 Å². The molecule has 0 bridgehead atoms. The summed E-state index contributed by atoms with van der Waals surface area (Å²) >= 11 is 0. The van der Waals surface area contributed by atoms with Crippen molar-refractivity contribution in [2.75, 3.05) is 6.61 Å². The van der Waals surface area contributed by atoms with Crippen molar-refractivity contribution in [1.29, 1.82) is 0 Å². The lowest BCUT2D eigenvalue weighted by Gasteiger charge is -2.23. The van der Waals surface area contributed by atoms with Crippen LogP contribution in [0.5, 0.6) is 0 Å². The highest BCUT2D eigenvalue weighted by Crippen LogP contribution is 2.11. The number of esters is 1. The molecular formula is C25H31NO7. The monoisotopic (exact) mass is 457 g/mol. The van der Waals surface area contributed by atoms with Crippen LogP contribution in [-0.4, -0.2) is 41.4 Å². The molecule has 0 aliphatic rings. The van der Waals surface area contributed by atoms with Crippen molar-refractivity contribution in [3.63, 3.8) is 0 Å². The number of aliphatic carboxylic acids is 1. The summed E-state index contributed by atoms with van der Waals surface area (Å²) in [5.74, 6) is -1.53. The highest BCUT2D eigenvalue weighted by molar-refractivity contribution is 5.81. The number of carboxylic acids is 1. The average Bonchev–Trinajstić information content (AvgIpc) is 2.74. The van der Waals surface area contributed by atoms with Crippen molar-refractivity contribution in [1.82, 2.24) is 5.32 Å². The van der Waals surface area contributed by atoms with Crippen molar-refractivity contribution in [3.8, 4) is 0 Å². The van der Waals surface area contributed by atoms with Crippen LogP contribution in [0.3, 0.4) is 0 Å². The standard InChI is InChI=1S/C25H31NO7/c1-25(2,3)33-24(30)26-21(13-14-31-16-19-7-5-4-6-8-19)23(29)32-17-20-11-9-18(10-12-20)15-22(27)28/h4-12,21H,13-17H2,1-3H3,(H,26,30)(H,27,28)/t21-/m0/s1. The second kappa shape index (κ2) is 12.6. The van der Waals surface area contributed by atoms with Crippen molar-refractivity contribution in [2.45, 2.75) is 58.5 Å². The molecule has 178 valence electrons. The van der Waals surface area contributed by atoms with Gasteiger partial charge in [-0.25, -0.2) is 9.59 Å². The smallest absolute Gasteiger partial charge is 0.408 e. The van der Waals surface area contributed by atoms with Gasteiger partial charge in [-0.05, 0) is 37.5 Å². The molecule has 0 spiro atoms. The topological polar surface area (TPSA) is 111 Å². The average molecular weight is 458 g/mol. The molecule has 8 nitrogen and oxygen atoms in total. The van der Waals surface area contributed by atoms with E-state index < -0.39 is 29.7 Å². The minimum Gasteiger partial charge on any atom is -0.481 e. The largest absolute Gasteiger partial charge is 0.481 e. The van der Waals surface area contributed by atoms with Crippen LogP contribution in [0, 0.1) is 0 Å². The van der Waals surface area contributed by atoms with E-state index in [9.17, 15) is 14.4 Å². The van der Waals surface area contributed by atoms with E-state index >= 15 is 0 Å². The van der Waals surface area contributed by atoms with Gasteiger partial charge in [0.25, 0.3) is 0 Å². The van der Waals surface area contributed by atoms with Crippen LogP contribution in [-0.2, 0) is 43.4 Å². The third kappa shape index (κ3) is 10.7. The molecule has 0 saturated heterocycles. The maximum atomic E-state index is 12.7. The van der Waals surface area contributed by atoms with Gasteiger partial charge < -0.3 is 24.6 Å². The van der Waals surface area contributed by atoms with E-state index in [0.29, 0.717) is 17.7 Å². The van der Waals surface area contributed by atoms with Crippen LogP contribution >= 0.6 is 0 Å². The summed E-state index contributed by atoms with van der Waals surface area (Å²) in [7, 11) is 0. The van der Waals surface area contributed by atoms with Crippen molar-refractivity contribution >= 4 is 18.0 Å². The Morgan fingerprint density at radius 2 is 1.52 bits per heavy atom. The Hall–Kier alpha value is -3.39. The Bertz CT molecular complexity index is 905. The summed E-state index contributed by atoms with van der Waals surface area (Å²) in [4.78, 5) is 35.6. The first kappa shape index (κ1) is 25.9. The lowest BCUT2D eigenvalue weighted by atomic mass is 10.1. The van der Waals surface area contributed by atoms with Gasteiger partial charge in [-0.2, -0.15) is 0 Å². The first-order valence-electron chi connectivity index (χ1n) is 10.7. The van der Waals surface area contributed by atoms with E-state index in [1.165, 1.54) is 0 Å². The van der Waals surface area contributed by atoms with Crippen LogP contribution in [0.25, 0.3) is 0 Å². The van der Waals surface area contributed by atoms with E-state index in [1.54, 1.807) is 45.0 Å². The summed E-state index contributed by atoms with van der Waals surface area (Å²) in [5.41, 5.74) is 1.65. The quantitative estimate of drug-likeness (QED) is 0.389. The summed E-state index contributed by atoms with van der Waals surface area (Å²) in [6, 6.07) is 15.4. The molecular weight excluding hydrogens is 426 g/mol. The molecule has 33 heavy (non-hydrogen) atoms. The Morgan fingerprint density at radius 1 is 0.909 bits per heavy atom. The van der Waals surface area contributed by atoms with Gasteiger partial charge in [0.05, 0.1) is 13.0 Å². The van der Waals surface area contributed by atoms with Crippen molar-refractivity contribution in [3.05, 3.63) is 71.3 Å². The number of carbonyl (C=O) groups is 3. The second-order valence-corrected chi connectivity index (χ2v) is 8.52. The minimum absolute atomic E-state index is 0.0104. The van der Waals surface area contributed by atoms with E-state index in [4.69, 9.17) is 19.3 Å². The predicted octanol–water partition coefficient (Wildman–Crippen LogP) is 3.86. The number of benzene rings is 2. The molecule has 0 aliphatic heterocycles. The number of hydrogen-bond donors (Lipinski definition) is 2. The highest BCUT2D eigenvalue weighted by Gasteiger charge is 2.25. The van der Waals surface area contributed by atoms with Gasteiger partial charge in [-0.3, -0.25) is 4.79 Å². The molecule has 2 aromatic carbocycles. The zero-order valence-corrected chi connectivity index (χ0v) is 19.2. The third-order valence-electron chi connectivity index (χ3n) is 4.40. The first-order valence-corrected chi connectivity index (χ1v) is 10.7. The lowest BCUT2D eigenvalue weighted by Crippen LogP contribution is -2.44. The summed E-state index contributed by atoms with van der Waals surface area (Å²) < 4.78 is 16.3. The van der Waals surface area contributed by atoms with Gasteiger partial charge in [0.1, 0.15) is 18.2 Å². The Balaban J connectivity index is 1.91. The number of amides is 1. The number of carbonyl (C=O) groups excluding carboxylic acids is 2. The number of alkyl carbamates (subject to hydrolysis) is 1. The van der Waals surface area contributed by atoms with Gasteiger partial charge >= 0.3 is 18.0 Å². The number of rotatable bonds is 11. The maximum absolute atomic E-state index is 12.7. The molecule has 8 heteroatoms. The zero-order chi connectivity index (χ0) is 24.3. The Morgan fingerprint density at radius 3 is 2.12 bits per heavy atom. The van der Waals surface area contributed by atoms with Crippen LogP contribution in [0.2, 0.25) is 0 Å². The first-order chi connectivity index (χ1) is 15.6. The number of nitrogens with one attached hydrogen (secondary N) is 1. The van der Waals surface area contributed by atoms with Crippen LogP contribution in [0.1, 0.15) is 43.9 Å². The molecule has 2 rings (SSSR count). The molecule has 0 radical (unpaired) electrons. The fourth-order valence-electron chi connectivity index (χ4n) is 2.85. The molecule has 0 unspecified atom stereocenters. The van der Waals surface area contributed by atoms with E-state index in [2.05, 4.69) is 5.32 Å². The molecule has 2 N–H and O–H groups in total. The minimum atomic E-state index is -0.943. The van der Waals surface area contributed by atoms with Crippen LogP contribution < -0.4 is 5.32 Å². The SMILES string of the molecule is CC(C)(C)OC(=O)N[C@@H](CCOCc1ccccc1)C(=O)OCc1ccc(CC(=O)O)cc1. The van der Waals surface area contributed by atoms with Gasteiger partial charge in [-0.1, -0.05) is 54.6 Å². The third-order valence-corrected chi connectivity index (χ3v) is 4.40. The molecule has 2 aromatic rings. The van der Waals surface area contributed by atoms with Crippen LogP contribution in [0.15, 0.2) is 54.6 Å². The number of hydrogen-bond acceptors (Lipinski definition) is 6. The predicted molar refractivity (Wildman–Crippen MR) is 121 cm³/mol. The number of ether oxygens (including phenoxy) is 3. The summed E-state index contributed by atoms with van der Waals surface area (Å²) in [6.45, 7) is 5.81. The van der Waals surface area contributed by atoms with E-state index in [-0.39, 0.29) is 26.1 Å². The molecule has 0 aromatic heterocycles. The summed E-state index contributed by atoms with van der Waals surface area (Å²) in [6.07, 6.45) is -0.585. The van der Waals surface area contributed by atoms with Crippen molar-refractivity contribution < 1.29 is 33.7 Å². The van der Waals surface area contributed by atoms with Gasteiger partial charge in [0.2, 0.25) is 0 Å². The molecule has 0 fully saturated rings. The van der Waals surface area contributed by atoms with Gasteiger partial charge in [0, 0.05) is 13.0 Å². The fourth-order valence-corrected chi connectivity index (χ4v) is 2.85. The highest BCUT2D eigenvalue weighted by atomic mass is 16.6. The van der Waals surface area contributed by atoms with Crippen LogP contribution in [0.4, 0.5) is 4.79 Å². The maximum Gasteiger partial charge on any atom is 0.408 e. The lowest BCUT2D eigenvalue weighted by molar-refractivity contribution is -0.148. The normalized spacial score (nSPS) is 12.0. The fraction of sp³-hybridized carbons (Fsp3) is 0.400. The van der Waals surface area contributed by atoms with E-state index in [1.807, 2.05) is 30.3 Å². The molecule has 1 amide bonds. The van der Waals surface area contributed by atoms with E-state index in [0.717, 1.165) is 5.56 Å². The molecule has 0 saturated carbocycles. The molecule has 0 aliphatic carbocycles. The van der Waals surface area contributed by atoms with Gasteiger partial charge in [-0.15, -0.1) is 0 Å². The molecule has 0 heterocycles. The van der Waals surface area contributed by atoms with Gasteiger partial charge in [0.15, 0.2) is 0 Å². The molecule has 1 atom stereocenters. The number of carboxylic acid groups (broad SMARTS) is 1. The summed E-state index contributed by atoms with van der Waals surface area (Å²) in [5, 5.41) is 11.4.